The minimum atomic E-state index is -3.90. The first-order valence-corrected chi connectivity index (χ1v) is 21.9. The molecule has 1 saturated heterocycles. The molecule has 5 atom stereocenters. The summed E-state index contributed by atoms with van der Waals surface area (Å²) < 4.78 is 42.1. The zero-order chi connectivity index (χ0) is 40.0. The molecule has 0 bridgehead atoms. The molecule has 4 heterocycles. The molecule has 1 aromatic carbocycles. The Hall–Kier alpha value is -4.51. The van der Waals surface area contributed by atoms with Gasteiger partial charge in [0.1, 0.15) is 39.9 Å². The number of fused-ring (bicyclic) bond motifs is 3. The summed E-state index contributed by atoms with van der Waals surface area (Å²) in [6, 6.07) is 4.00. The molecule has 15 nitrogen and oxygen atoms in total. The molecule has 3 fully saturated rings. The molecule has 2 aliphatic heterocycles. The summed E-state index contributed by atoms with van der Waals surface area (Å²) in [5, 5.41) is 7.75. The Kier molecular flexibility index (Phi) is 11.0. The molecule has 0 unspecified atom stereocenters. The number of imidazole rings is 1. The monoisotopic (exact) mass is 809 g/mol. The van der Waals surface area contributed by atoms with Crippen molar-refractivity contribution < 1.29 is 37.1 Å². The molecule has 3 N–H and O–H groups in total. The van der Waals surface area contributed by atoms with E-state index >= 15 is 0 Å². The number of amides is 4. The average molecular weight is 810 g/mol. The lowest BCUT2D eigenvalue weighted by Gasteiger charge is -2.30. The summed E-state index contributed by atoms with van der Waals surface area (Å²) >= 11 is 1.50. The van der Waals surface area contributed by atoms with Gasteiger partial charge in [0, 0.05) is 35.5 Å². The Morgan fingerprint density at radius 2 is 1.89 bits per heavy atom. The van der Waals surface area contributed by atoms with E-state index in [9.17, 15) is 27.6 Å². The van der Waals surface area contributed by atoms with Crippen molar-refractivity contribution in [3.05, 3.63) is 41.9 Å². The van der Waals surface area contributed by atoms with Crippen LogP contribution in [-0.2, 0) is 29.1 Å². The van der Waals surface area contributed by atoms with Crippen LogP contribution in [0.15, 0.2) is 41.9 Å². The van der Waals surface area contributed by atoms with E-state index in [4.69, 9.17) is 14.5 Å². The first-order valence-electron chi connectivity index (χ1n) is 19.5. The molecular weight excluding hydrogens is 759 g/mol. The molecule has 302 valence electrons. The van der Waals surface area contributed by atoms with E-state index in [1.165, 1.54) is 16.2 Å². The molecule has 2 aliphatic carbocycles. The second-order valence-corrected chi connectivity index (χ2v) is 19.4. The fraction of sp³-hybridized carbons (Fsp3) is 0.590. The predicted molar refractivity (Wildman–Crippen MR) is 210 cm³/mol. The number of sulfonamides is 1. The number of thiazole rings is 1. The van der Waals surface area contributed by atoms with Gasteiger partial charge in [-0.25, -0.2) is 18.2 Å². The molecule has 0 radical (unpaired) electrons. The Morgan fingerprint density at radius 3 is 2.59 bits per heavy atom. The molecule has 2 aromatic heterocycles. The molecule has 4 amide bonds. The zero-order valence-electron chi connectivity index (χ0n) is 32.4. The molecular formula is C39H51N7O8S2. The lowest BCUT2D eigenvalue weighted by atomic mass is 10.0. The van der Waals surface area contributed by atoms with Gasteiger partial charge in [0.05, 0.1) is 17.3 Å². The number of allylic oxidation sites excluding steroid dienone is 1. The lowest BCUT2D eigenvalue weighted by molar-refractivity contribution is -0.141. The fourth-order valence-electron chi connectivity index (χ4n) is 7.65. The number of hydrogen-bond donors (Lipinski definition) is 3. The van der Waals surface area contributed by atoms with E-state index in [2.05, 4.69) is 20.3 Å². The summed E-state index contributed by atoms with van der Waals surface area (Å²) in [4.78, 5) is 66.8. The van der Waals surface area contributed by atoms with E-state index in [0.717, 1.165) is 28.9 Å². The maximum absolute atomic E-state index is 14.6. The van der Waals surface area contributed by atoms with Gasteiger partial charge in [0.25, 0.3) is 11.9 Å². The topological polar surface area (TPSA) is 191 Å². The highest BCUT2D eigenvalue weighted by Gasteiger charge is 2.62. The minimum Gasteiger partial charge on any atom is -0.459 e. The highest BCUT2D eigenvalue weighted by Crippen LogP contribution is 2.46. The van der Waals surface area contributed by atoms with Crippen molar-refractivity contribution in [2.75, 3.05) is 6.54 Å². The number of carbonyl (C=O) groups is 4. The van der Waals surface area contributed by atoms with Gasteiger partial charge < -0.3 is 25.0 Å². The number of aromatic nitrogens is 3. The third kappa shape index (κ3) is 8.43. The van der Waals surface area contributed by atoms with Crippen LogP contribution in [0.3, 0.4) is 0 Å². The van der Waals surface area contributed by atoms with Gasteiger partial charge in [-0.1, -0.05) is 31.1 Å². The molecule has 56 heavy (non-hydrogen) atoms. The number of alkyl carbamates (subject to hydrolysis) is 1. The Morgan fingerprint density at radius 1 is 1.11 bits per heavy atom. The number of rotatable bonds is 8. The number of nitrogens with zero attached hydrogens (tertiary/aromatic N) is 4. The van der Waals surface area contributed by atoms with Crippen LogP contribution in [0.1, 0.15) is 98.4 Å². The Bertz CT molecular complexity index is 2120. The van der Waals surface area contributed by atoms with Gasteiger partial charge in [-0.3, -0.25) is 23.7 Å². The van der Waals surface area contributed by atoms with Crippen LogP contribution in [0, 0.1) is 5.92 Å². The minimum absolute atomic E-state index is 0.0113. The van der Waals surface area contributed by atoms with Gasteiger partial charge >= 0.3 is 6.09 Å². The summed E-state index contributed by atoms with van der Waals surface area (Å²) in [7, 11) is -3.90. The largest absolute Gasteiger partial charge is 0.459 e. The average Bonchev–Trinajstić information content (AvgIpc) is 3.91. The molecule has 17 heteroatoms. The van der Waals surface area contributed by atoms with Gasteiger partial charge in [-0.15, -0.1) is 11.3 Å². The van der Waals surface area contributed by atoms with Crippen LogP contribution >= 0.6 is 11.3 Å². The summed E-state index contributed by atoms with van der Waals surface area (Å²) in [5.74, 6) is -2.32. The molecule has 2 saturated carbocycles. The highest BCUT2D eigenvalue weighted by atomic mass is 32.2. The van der Waals surface area contributed by atoms with Crippen LogP contribution in [0.25, 0.3) is 21.6 Å². The van der Waals surface area contributed by atoms with E-state index in [0.29, 0.717) is 43.6 Å². The number of nitrogens with one attached hydrogen (secondary N) is 3. The maximum Gasteiger partial charge on any atom is 0.408 e. The Labute approximate surface area is 331 Å². The van der Waals surface area contributed by atoms with Crippen molar-refractivity contribution in [3.8, 4) is 16.6 Å². The maximum atomic E-state index is 14.6. The second-order valence-electron chi connectivity index (χ2n) is 16.6. The summed E-state index contributed by atoms with van der Waals surface area (Å²) in [5.41, 5.74) is 0.0873. The first kappa shape index (κ1) is 39.7. The lowest BCUT2D eigenvalue weighted by Crippen LogP contribution is -2.58. The van der Waals surface area contributed by atoms with Crippen LogP contribution < -0.4 is 20.1 Å². The zero-order valence-corrected chi connectivity index (χ0v) is 34.1. The molecule has 7 rings (SSSR count). The normalized spacial score (nSPS) is 26.7. The van der Waals surface area contributed by atoms with Crippen LogP contribution in [0.5, 0.6) is 6.01 Å². The van der Waals surface area contributed by atoms with Crippen LogP contribution in [-0.4, -0.2) is 92.8 Å². The molecule has 0 spiro atoms. The van der Waals surface area contributed by atoms with E-state index in [1.807, 2.05) is 54.1 Å². The first-order chi connectivity index (χ1) is 26.6. The predicted octanol–water partition coefficient (Wildman–Crippen LogP) is 4.99. The van der Waals surface area contributed by atoms with Crippen LogP contribution in [0.2, 0.25) is 0 Å². The van der Waals surface area contributed by atoms with E-state index < -0.39 is 74.3 Å². The van der Waals surface area contributed by atoms with Crippen molar-refractivity contribution >= 4 is 56.2 Å². The number of benzene rings is 1. The van der Waals surface area contributed by atoms with E-state index in [1.54, 1.807) is 27.0 Å². The van der Waals surface area contributed by atoms with Gasteiger partial charge in [-0.2, -0.15) is 4.98 Å². The number of hydrogen-bond acceptors (Lipinski definition) is 11. The number of ether oxygens (including phenoxy) is 2. The standard InChI is InChI=1S/C39H51N7O8S2/c1-23(2)46-29-15-11-13-27(33-40-18-19-55-33)31(29)42-36(46)53-25-20-30-32(47)43-39(35(49)44-56(51,52)26-16-17-26)21-24(39)12-9-7-6-8-10-14-28(34(48)45(30)22-25)41-37(50)54-38(3,4)5/h9,11-13,15,18-19,23-26,28,30H,6-8,10,14,16-17,20-22H2,1-5H3,(H,41,50)(H,43,47)(H,44,49)/b12-9-/t24-,25-,28+,30+,39-/m1/s1. The smallest absolute Gasteiger partial charge is 0.408 e. The quantitative estimate of drug-likeness (QED) is 0.262. The summed E-state index contributed by atoms with van der Waals surface area (Å²) in [6.07, 6.45) is 8.51. The second kappa shape index (κ2) is 15.4. The van der Waals surface area contributed by atoms with Crippen molar-refractivity contribution in [3.63, 3.8) is 0 Å². The summed E-state index contributed by atoms with van der Waals surface area (Å²) in [6.45, 7) is 9.22. The Balaban J connectivity index is 1.22. The highest BCUT2D eigenvalue weighted by molar-refractivity contribution is 7.91. The van der Waals surface area contributed by atoms with Crippen molar-refractivity contribution in [2.45, 2.75) is 133 Å². The van der Waals surface area contributed by atoms with Gasteiger partial charge in [0.2, 0.25) is 21.8 Å². The van der Waals surface area contributed by atoms with Gasteiger partial charge in [-0.05, 0) is 85.3 Å². The number of carbonyl (C=O) groups excluding carboxylic acids is 4. The van der Waals surface area contributed by atoms with E-state index in [-0.39, 0.29) is 25.4 Å². The fourth-order valence-corrected chi connectivity index (χ4v) is 9.68. The van der Waals surface area contributed by atoms with Crippen LogP contribution in [0.4, 0.5) is 4.79 Å². The van der Waals surface area contributed by atoms with Crippen molar-refractivity contribution in [1.29, 1.82) is 0 Å². The van der Waals surface area contributed by atoms with Gasteiger partial charge in [0.15, 0.2) is 0 Å². The third-order valence-corrected chi connectivity index (χ3v) is 13.3. The third-order valence-electron chi connectivity index (χ3n) is 10.7. The molecule has 3 aromatic rings. The van der Waals surface area contributed by atoms with Crippen molar-refractivity contribution in [1.82, 2.24) is 34.8 Å². The molecule has 4 aliphatic rings. The number of para-hydroxylation sites is 1. The van der Waals surface area contributed by atoms with Crippen molar-refractivity contribution in [2.24, 2.45) is 5.92 Å². The SMILES string of the molecule is CC(C)n1c(O[C@@H]2C[C@H]3C(=O)N[C@]4(C(=O)NS(=O)(=O)C5CC5)C[C@H]4/C=C\CCCCC[C@H](NC(=O)OC(C)(C)C)C(=O)N3C2)nc2c(-c3nccs3)cccc21.